The average Bonchev–Trinajstić information content (AvgIpc) is 2.72. The van der Waals surface area contributed by atoms with Gasteiger partial charge in [0.2, 0.25) is 0 Å². The maximum absolute atomic E-state index is 4.55. The first-order valence-corrected chi connectivity index (χ1v) is 7.39. The summed E-state index contributed by atoms with van der Waals surface area (Å²) in [6.45, 7) is 2.13. The molecule has 0 saturated carbocycles. The van der Waals surface area contributed by atoms with Crippen LogP contribution in [0.1, 0.15) is 29.9 Å². The highest BCUT2D eigenvalue weighted by Crippen LogP contribution is 2.26. The number of nitrogens with zero attached hydrogens (tertiary/aromatic N) is 2. The molecule has 102 valence electrons. The van der Waals surface area contributed by atoms with E-state index in [1.54, 1.807) is 0 Å². The molecule has 2 rings (SSSR count). The lowest BCUT2D eigenvalue weighted by atomic mass is 10.0. The van der Waals surface area contributed by atoms with Gasteiger partial charge in [0, 0.05) is 19.5 Å². The number of rotatable bonds is 5. The van der Waals surface area contributed by atoms with Gasteiger partial charge >= 0.3 is 0 Å². The van der Waals surface area contributed by atoms with Crippen LogP contribution in [0, 0.1) is 0 Å². The Morgan fingerprint density at radius 2 is 2.00 bits per heavy atom. The van der Waals surface area contributed by atoms with Crippen molar-refractivity contribution in [3.63, 3.8) is 0 Å². The molecule has 1 heterocycles. The van der Waals surface area contributed by atoms with E-state index in [4.69, 9.17) is 0 Å². The highest BCUT2D eigenvalue weighted by molar-refractivity contribution is 9.10. The Balaban J connectivity index is 2.26. The number of halogens is 1. The first kappa shape index (κ1) is 14.3. The van der Waals surface area contributed by atoms with Crippen molar-refractivity contribution >= 4 is 15.9 Å². The van der Waals surface area contributed by atoms with Crippen LogP contribution in [0.2, 0.25) is 0 Å². The molecule has 0 bridgehead atoms. The predicted octanol–water partition coefficient (Wildman–Crippen LogP) is 3.25. The molecule has 0 saturated heterocycles. The summed E-state index contributed by atoms with van der Waals surface area (Å²) in [5.74, 6) is 0. The molecule has 0 aliphatic carbocycles. The van der Waals surface area contributed by atoms with Gasteiger partial charge in [-0.2, -0.15) is 5.10 Å². The summed E-state index contributed by atoms with van der Waals surface area (Å²) in [6.07, 6.45) is 1.87. The number of hydrogen-bond acceptors (Lipinski definition) is 2. The first-order chi connectivity index (χ1) is 9.17. The Morgan fingerprint density at radius 1 is 1.32 bits per heavy atom. The van der Waals surface area contributed by atoms with E-state index in [1.807, 2.05) is 24.8 Å². The summed E-state index contributed by atoms with van der Waals surface area (Å²) in [4.78, 5) is 0. The second kappa shape index (κ2) is 6.35. The average molecular weight is 322 g/mol. The van der Waals surface area contributed by atoms with Gasteiger partial charge in [-0.3, -0.25) is 4.68 Å². The molecule has 1 unspecified atom stereocenters. The van der Waals surface area contributed by atoms with Gasteiger partial charge in [0.25, 0.3) is 0 Å². The summed E-state index contributed by atoms with van der Waals surface area (Å²) in [6, 6.07) is 10.8. The van der Waals surface area contributed by atoms with Crippen LogP contribution in [0.15, 0.2) is 34.8 Å². The van der Waals surface area contributed by atoms with Gasteiger partial charge in [0.1, 0.15) is 0 Å². The SMILES string of the molecule is CCc1nn(C)c(CC(NC)c2ccccc2)c1Br. The van der Waals surface area contributed by atoms with E-state index < -0.39 is 0 Å². The molecule has 1 aromatic heterocycles. The topological polar surface area (TPSA) is 29.9 Å². The number of likely N-dealkylation sites (N-methyl/N-ethyl adjacent to an activating group) is 1. The number of nitrogens with one attached hydrogen (secondary N) is 1. The van der Waals surface area contributed by atoms with Gasteiger partial charge in [-0.05, 0) is 35.0 Å². The van der Waals surface area contributed by atoms with E-state index in [2.05, 4.69) is 57.5 Å². The molecule has 4 heteroatoms. The predicted molar refractivity (Wildman–Crippen MR) is 82.2 cm³/mol. The molecular weight excluding hydrogens is 302 g/mol. The van der Waals surface area contributed by atoms with Crippen molar-refractivity contribution in [3.05, 3.63) is 51.8 Å². The highest BCUT2D eigenvalue weighted by atomic mass is 79.9. The summed E-state index contributed by atoms with van der Waals surface area (Å²) < 4.78 is 3.13. The molecule has 0 fully saturated rings. The lowest BCUT2D eigenvalue weighted by Gasteiger charge is -2.17. The number of aromatic nitrogens is 2. The molecule has 1 N–H and O–H groups in total. The van der Waals surface area contributed by atoms with Crippen LogP contribution in [-0.4, -0.2) is 16.8 Å². The smallest absolute Gasteiger partial charge is 0.0766 e. The summed E-state index contributed by atoms with van der Waals surface area (Å²) in [7, 11) is 4.01. The van der Waals surface area contributed by atoms with Crippen molar-refractivity contribution in [2.45, 2.75) is 25.8 Å². The van der Waals surface area contributed by atoms with E-state index in [9.17, 15) is 0 Å². The minimum absolute atomic E-state index is 0.303. The molecule has 0 amide bonds. The lowest BCUT2D eigenvalue weighted by Crippen LogP contribution is -2.20. The maximum Gasteiger partial charge on any atom is 0.0766 e. The zero-order valence-corrected chi connectivity index (χ0v) is 13.2. The lowest BCUT2D eigenvalue weighted by molar-refractivity contribution is 0.560. The Bertz CT molecular complexity index is 534. The van der Waals surface area contributed by atoms with E-state index in [0.717, 1.165) is 23.0 Å². The fourth-order valence-electron chi connectivity index (χ4n) is 2.31. The van der Waals surface area contributed by atoms with Gasteiger partial charge in [0.15, 0.2) is 0 Å². The second-order valence-electron chi connectivity index (χ2n) is 4.64. The van der Waals surface area contributed by atoms with Crippen molar-refractivity contribution in [2.24, 2.45) is 7.05 Å². The molecule has 0 aliphatic rings. The van der Waals surface area contributed by atoms with Crippen LogP contribution < -0.4 is 5.32 Å². The van der Waals surface area contributed by atoms with Crippen molar-refractivity contribution in [2.75, 3.05) is 7.05 Å². The minimum Gasteiger partial charge on any atom is -0.313 e. The van der Waals surface area contributed by atoms with Crippen LogP contribution in [0.4, 0.5) is 0 Å². The highest BCUT2D eigenvalue weighted by Gasteiger charge is 2.17. The van der Waals surface area contributed by atoms with E-state index >= 15 is 0 Å². The van der Waals surface area contributed by atoms with Crippen molar-refractivity contribution in [1.82, 2.24) is 15.1 Å². The van der Waals surface area contributed by atoms with Crippen LogP contribution in [0.25, 0.3) is 0 Å². The van der Waals surface area contributed by atoms with Gasteiger partial charge < -0.3 is 5.32 Å². The molecular formula is C15H20BrN3. The Hall–Kier alpha value is -1.13. The third-order valence-electron chi connectivity index (χ3n) is 3.45. The van der Waals surface area contributed by atoms with Crippen LogP contribution in [0.5, 0.6) is 0 Å². The van der Waals surface area contributed by atoms with E-state index in [1.165, 1.54) is 11.3 Å². The zero-order chi connectivity index (χ0) is 13.8. The second-order valence-corrected chi connectivity index (χ2v) is 5.43. The minimum atomic E-state index is 0.303. The quantitative estimate of drug-likeness (QED) is 0.916. The summed E-state index contributed by atoms with van der Waals surface area (Å²) >= 11 is 3.68. The van der Waals surface area contributed by atoms with Gasteiger partial charge in [-0.1, -0.05) is 37.3 Å². The Labute approximate surface area is 123 Å². The number of benzene rings is 1. The van der Waals surface area contributed by atoms with Gasteiger partial charge in [-0.15, -0.1) is 0 Å². The third-order valence-corrected chi connectivity index (χ3v) is 4.37. The molecule has 1 aromatic carbocycles. The summed E-state index contributed by atoms with van der Waals surface area (Å²) in [5, 5.41) is 7.94. The standard InChI is InChI=1S/C15H20BrN3/c1-4-12-15(16)14(19(3)18-12)10-13(17-2)11-8-6-5-7-9-11/h5-9,13,17H,4,10H2,1-3H3. The van der Waals surface area contributed by atoms with Gasteiger partial charge in [0.05, 0.1) is 15.9 Å². The number of hydrogen-bond donors (Lipinski definition) is 1. The molecule has 0 spiro atoms. The molecule has 19 heavy (non-hydrogen) atoms. The molecule has 3 nitrogen and oxygen atoms in total. The van der Waals surface area contributed by atoms with Crippen molar-refractivity contribution < 1.29 is 0 Å². The van der Waals surface area contributed by atoms with E-state index in [0.29, 0.717) is 6.04 Å². The van der Waals surface area contributed by atoms with E-state index in [-0.39, 0.29) is 0 Å². The Morgan fingerprint density at radius 3 is 2.53 bits per heavy atom. The zero-order valence-electron chi connectivity index (χ0n) is 11.7. The number of aryl methyl sites for hydroxylation is 2. The van der Waals surface area contributed by atoms with Crippen LogP contribution in [0.3, 0.4) is 0 Å². The maximum atomic E-state index is 4.55. The third kappa shape index (κ3) is 3.07. The van der Waals surface area contributed by atoms with Crippen molar-refractivity contribution in [1.29, 1.82) is 0 Å². The van der Waals surface area contributed by atoms with Crippen LogP contribution in [-0.2, 0) is 19.9 Å². The largest absolute Gasteiger partial charge is 0.313 e. The fraction of sp³-hybridized carbons (Fsp3) is 0.400. The van der Waals surface area contributed by atoms with Gasteiger partial charge in [-0.25, -0.2) is 0 Å². The van der Waals surface area contributed by atoms with Crippen LogP contribution >= 0.6 is 15.9 Å². The summed E-state index contributed by atoms with van der Waals surface area (Å²) in [5.41, 5.74) is 3.66. The van der Waals surface area contributed by atoms with Crippen molar-refractivity contribution in [3.8, 4) is 0 Å². The first-order valence-electron chi connectivity index (χ1n) is 6.59. The molecule has 1 atom stereocenters. The Kier molecular flexibility index (Phi) is 4.77. The fourth-order valence-corrected chi connectivity index (χ4v) is 3.08. The molecule has 0 aliphatic heterocycles. The monoisotopic (exact) mass is 321 g/mol. The molecule has 2 aromatic rings. The normalized spacial score (nSPS) is 12.6. The molecule has 0 radical (unpaired) electrons.